The van der Waals surface area contributed by atoms with Crippen LogP contribution >= 0.6 is 0 Å². The maximum Gasteiger partial charge on any atom is 0.389 e. The summed E-state index contributed by atoms with van der Waals surface area (Å²) in [7, 11) is 0. The molecule has 5 heteroatoms. The first kappa shape index (κ1) is 10.7. The lowest BCUT2D eigenvalue weighted by molar-refractivity contribution is -0.137. The summed E-state index contributed by atoms with van der Waals surface area (Å²) in [5, 5.41) is 0. The van der Waals surface area contributed by atoms with Crippen LogP contribution < -0.4 is 5.73 Å². The van der Waals surface area contributed by atoms with Crippen molar-refractivity contribution in [2.45, 2.75) is 19.0 Å². The fourth-order valence-corrected chi connectivity index (χ4v) is 0.560. The van der Waals surface area contributed by atoms with Crippen LogP contribution in [0.5, 0.6) is 0 Å². The van der Waals surface area contributed by atoms with Crippen LogP contribution in [0.2, 0.25) is 0 Å². The second kappa shape index (κ2) is 5.37. The minimum Gasteiger partial charge on any atom is -0.380 e. The average molecular weight is 171 g/mol. The van der Waals surface area contributed by atoms with Crippen LogP contribution in [0.25, 0.3) is 0 Å². The molecular weight excluding hydrogens is 159 g/mol. The Morgan fingerprint density at radius 2 is 1.82 bits per heavy atom. The summed E-state index contributed by atoms with van der Waals surface area (Å²) < 4.78 is 39.2. The van der Waals surface area contributed by atoms with E-state index in [0.717, 1.165) is 0 Å². The Morgan fingerprint density at radius 1 is 1.18 bits per heavy atom. The van der Waals surface area contributed by atoms with Crippen molar-refractivity contribution in [2.75, 3.05) is 19.8 Å². The fraction of sp³-hybridized carbons (Fsp3) is 1.00. The molecule has 0 bridgehead atoms. The molecule has 2 nitrogen and oxygen atoms in total. The molecule has 0 fully saturated rings. The van der Waals surface area contributed by atoms with Crippen molar-refractivity contribution >= 4 is 0 Å². The van der Waals surface area contributed by atoms with Gasteiger partial charge in [0, 0.05) is 19.6 Å². The number of hydrogen-bond acceptors (Lipinski definition) is 2. The average Bonchev–Trinajstić information content (AvgIpc) is 1.85. The van der Waals surface area contributed by atoms with Gasteiger partial charge in [0.25, 0.3) is 0 Å². The summed E-state index contributed by atoms with van der Waals surface area (Å²) in [5.41, 5.74) is 5.05. The number of rotatable bonds is 5. The highest BCUT2D eigenvalue weighted by Crippen LogP contribution is 2.20. The molecule has 0 aromatic rings. The second-order valence-corrected chi connectivity index (χ2v) is 2.12. The van der Waals surface area contributed by atoms with Crippen molar-refractivity contribution in [3.05, 3.63) is 0 Å². The maximum absolute atomic E-state index is 11.5. The van der Waals surface area contributed by atoms with E-state index in [2.05, 4.69) is 0 Å². The summed E-state index contributed by atoms with van der Waals surface area (Å²) in [6.45, 7) is 0.820. The molecule has 0 atom stereocenters. The minimum absolute atomic E-state index is 0.0174. The van der Waals surface area contributed by atoms with Gasteiger partial charge in [0.05, 0.1) is 6.61 Å². The molecule has 2 N–H and O–H groups in total. The first-order chi connectivity index (χ1) is 5.06. The highest BCUT2D eigenvalue weighted by molar-refractivity contribution is 4.49. The molecule has 11 heavy (non-hydrogen) atoms. The largest absolute Gasteiger partial charge is 0.389 e. The predicted octanol–water partition coefficient (Wildman–Crippen LogP) is 1.30. The van der Waals surface area contributed by atoms with E-state index in [1.807, 2.05) is 0 Å². The van der Waals surface area contributed by atoms with E-state index in [9.17, 15) is 13.2 Å². The van der Waals surface area contributed by atoms with Crippen molar-refractivity contribution < 1.29 is 17.9 Å². The van der Waals surface area contributed by atoms with E-state index in [1.165, 1.54) is 0 Å². The normalized spacial score (nSPS) is 12.0. The lowest BCUT2D eigenvalue weighted by atomic mass is 10.3. The quantitative estimate of drug-likeness (QED) is 0.633. The molecule has 0 aliphatic carbocycles. The zero-order valence-electron chi connectivity index (χ0n) is 6.16. The van der Waals surface area contributed by atoms with Gasteiger partial charge in [0.15, 0.2) is 0 Å². The molecule has 0 aromatic heterocycles. The number of alkyl halides is 3. The molecule has 0 saturated heterocycles. The molecule has 0 rings (SSSR count). The number of ether oxygens (including phenoxy) is 1. The zero-order chi connectivity index (χ0) is 8.74. The topological polar surface area (TPSA) is 35.2 Å². The van der Waals surface area contributed by atoms with Crippen molar-refractivity contribution in [1.29, 1.82) is 0 Å². The molecule has 68 valence electrons. The molecule has 0 saturated carbocycles. The molecule has 0 aliphatic rings. The molecule has 0 spiro atoms. The fourth-order valence-electron chi connectivity index (χ4n) is 0.560. The lowest BCUT2D eigenvalue weighted by Gasteiger charge is -2.05. The Morgan fingerprint density at radius 3 is 2.27 bits per heavy atom. The van der Waals surface area contributed by atoms with Crippen molar-refractivity contribution in [3.63, 3.8) is 0 Å². The van der Waals surface area contributed by atoms with Gasteiger partial charge in [0.1, 0.15) is 0 Å². The van der Waals surface area contributed by atoms with E-state index >= 15 is 0 Å². The van der Waals surface area contributed by atoms with Crippen LogP contribution in [0.1, 0.15) is 12.8 Å². The number of nitrogens with two attached hydrogens (primary N) is 1. The maximum atomic E-state index is 11.5. The molecule has 0 radical (unpaired) electrons. The number of halogens is 3. The SMILES string of the molecule is NCCOCCCC(F)(F)F. The van der Waals surface area contributed by atoms with Crippen molar-refractivity contribution in [2.24, 2.45) is 5.73 Å². The molecule has 0 heterocycles. The standard InChI is InChI=1S/C6H12F3NO/c7-6(8,9)2-1-4-11-5-3-10/h1-5,10H2. The third-order valence-corrected chi connectivity index (χ3v) is 1.01. The number of hydrogen-bond donors (Lipinski definition) is 1. The Kier molecular flexibility index (Phi) is 5.23. The summed E-state index contributed by atoms with van der Waals surface area (Å²) in [4.78, 5) is 0. The van der Waals surface area contributed by atoms with E-state index in [1.54, 1.807) is 0 Å². The Balaban J connectivity index is 3.02. The third-order valence-electron chi connectivity index (χ3n) is 1.01. The van der Waals surface area contributed by atoms with Gasteiger partial charge in [-0.05, 0) is 6.42 Å². The summed E-state index contributed by atoms with van der Waals surface area (Å²) >= 11 is 0. The van der Waals surface area contributed by atoms with E-state index in [4.69, 9.17) is 10.5 Å². The van der Waals surface area contributed by atoms with Gasteiger partial charge in [0.2, 0.25) is 0 Å². The Hall–Kier alpha value is -0.290. The lowest BCUT2D eigenvalue weighted by Crippen LogP contribution is -2.12. The first-order valence-electron chi connectivity index (χ1n) is 3.41. The summed E-state index contributed by atoms with van der Waals surface area (Å²) in [6, 6.07) is 0. The van der Waals surface area contributed by atoms with Gasteiger partial charge in [-0.2, -0.15) is 13.2 Å². The van der Waals surface area contributed by atoms with Crippen LogP contribution in [0.3, 0.4) is 0 Å². The van der Waals surface area contributed by atoms with Gasteiger partial charge < -0.3 is 10.5 Å². The van der Waals surface area contributed by atoms with Crippen LogP contribution in [0.4, 0.5) is 13.2 Å². The summed E-state index contributed by atoms with van der Waals surface area (Å²) in [5.74, 6) is 0. The van der Waals surface area contributed by atoms with Crippen LogP contribution in [-0.2, 0) is 4.74 Å². The molecule has 0 aliphatic heterocycles. The second-order valence-electron chi connectivity index (χ2n) is 2.12. The highest BCUT2D eigenvalue weighted by atomic mass is 19.4. The summed E-state index contributed by atoms with van der Waals surface area (Å²) in [6.07, 6.45) is -4.83. The van der Waals surface area contributed by atoms with Crippen molar-refractivity contribution in [1.82, 2.24) is 0 Å². The van der Waals surface area contributed by atoms with Crippen LogP contribution in [0.15, 0.2) is 0 Å². The van der Waals surface area contributed by atoms with E-state index in [0.29, 0.717) is 13.2 Å². The van der Waals surface area contributed by atoms with Gasteiger partial charge in [-0.3, -0.25) is 0 Å². The first-order valence-corrected chi connectivity index (χ1v) is 3.41. The molecular formula is C6H12F3NO. The predicted molar refractivity (Wildman–Crippen MR) is 35.2 cm³/mol. The smallest absolute Gasteiger partial charge is 0.380 e. The van der Waals surface area contributed by atoms with Crippen LogP contribution in [0, 0.1) is 0 Å². The zero-order valence-corrected chi connectivity index (χ0v) is 6.16. The minimum atomic E-state index is -4.06. The third kappa shape index (κ3) is 9.71. The van der Waals surface area contributed by atoms with Gasteiger partial charge in [-0.25, -0.2) is 0 Å². The monoisotopic (exact) mass is 171 g/mol. The molecule has 0 amide bonds. The van der Waals surface area contributed by atoms with Gasteiger partial charge in [-0.1, -0.05) is 0 Å². The Labute approximate surface area is 63.5 Å². The van der Waals surface area contributed by atoms with Gasteiger partial charge in [-0.15, -0.1) is 0 Å². The Bertz CT molecular complexity index is 94.3. The van der Waals surface area contributed by atoms with E-state index in [-0.39, 0.29) is 13.0 Å². The van der Waals surface area contributed by atoms with Gasteiger partial charge >= 0.3 is 6.18 Å². The highest BCUT2D eigenvalue weighted by Gasteiger charge is 2.25. The molecule has 0 unspecified atom stereocenters. The molecule has 0 aromatic carbocycles. The van der Waals surface area contributed by atoms with Crippen LogP contribution in [-0.4, -0.2) is 25.9 Å². The van der Waals surface area contributed by atoms with Crippen molar-refractivity contribution in [3.8, 4) is 0 Å². The van der Waals surface area contributed by atoms with E-state index < -0.39 is 12.6 Å².